The van der Waals surface area contributed by atoms with Crippen molar-refractivity contribution in [3.05, 3.63) is 22.7 Å². The van der Waals surface area contributed by atoms with Crippen LogP contribution in [0.5, 0.6) is 5.75 Å². The fourth-order valence-corrected chi connectivity index (χ4v) is 3.30. The number of nitrogens with one attached hydrogen (secondary N) is 1. The summed E-state index contributed by atoms with van der Waals surface area (Å²) in [5, 5.41) is 3.01. The summed E-state index contributed by atoms with van der Waals surface area (Å²) >= 11 is 5.11. The highest BCUT2D eigenvalue weighted by atomic mass is 79.9. The Morgan fingerprint density at radius 2 is 2.41 bits per heavy atom. The number of hydrogen-bond donors (Lipinski definition) is 1. The smallest absolute Gasteiger partial charge is 0.237 e. The van der Waals surface area contributed by atoms with Gasteiger partial charge in [-0.25, -0.2) is 0 Å². The van der Waals surface area contributed by atoms with Crippen LogP contribution in [0, 0.1) is 0 Å². The van der Waals surface area contributed by atoms with Gasteiger partial charge in [-0.3, -0.25) is 4.79 Å². The topological polar surface area (TPSA) is 38.3 Å². The average Bonchev–Trinajstić information content (AvgIpc) is 2.83. The van der Waals surface area contributed by atoms with E-state index in [4.69, 9.17) is 4.74 Å². The van der Waals surface area contributed by atoms with Crippen LogP contribution in [0.15, 0.2) is 22.7 Å². The van der Waals surface area contributed by atoms with E-state index in [1.807, 2.05) is 18.2 Å². The second-order valence-corrected chi connectivity index (χ2v) is 6.06. The Hall–Kier alpha value is -0.680. The summed E-state index contributed by atoms with van der Waals surface area (Å²) in [5.74, 6) is 1.83. The molecule has 1 fully saturated rings. The lowest BCUT2D eigenvalue weighted by molar-refractivity contribution is -0.115. The Balaban J connectivity index is 2.11. The Morgan fingerprint density at radius 3 is 3.06 bits per heavy atom. The van der Waals surface area contributed by atoms with Gasteiger partial charge in [0.15, 0.2) is 0 Å². The minimum Gasteiger partial charge on any atom is -0.495 e. The summed E-state index contributed by atoms with van der Waals surface area (Å²) in [6, 6.07) is 5.58. The molecule has 1 unspecified atom stereocenters. The van der Waals surface area contributed by atoms with Crippen LogP contribution in [0.1, 0.15) is 12.8 Å². The molecule has 1 atom stereocenters. The Labute approximate surface area is 113 Å². The first-order chi connectivity index (χ1) is 8.20. The third-order valence-corrected chi connectivity index (χ3v) is 4.51. The molecule has 0 aromatic heterocycles. The predicted molar refractivity (Wildman–Crippen MR) is 74.8 cm³/mol. The van der Waals surface area contributed by atoms with Gasteiger partial charge in [-0.2, -0.15) is 0 Å². The van der Waals surface area contributed by atoms with E-state index in [1.165, 1.54) is 0 Å². The minimum atomic E-state index is 0.0731. The maximum Gasteiger partial charge on any atom is 0.237 e. The summed E-state index contributed by atoms with van der Waals surface area (Å²) in [6.07, 6.45) is 2.09. The van der Waals surface area contributed by atoms with Crippen molar-refractivity contribution < 1.29 is 9.53 Å². The third-order valence-electron chi connectivity index (χ3n) is 2.64. The number of carbonyl (C=O) groups is 1. The molecule has 1 saturated heterocycles. The van der Waals surface area contributed by atoms with E-state index < -0.39 is 0 Å². The van der Waals surface area contributed by atoms with Crippen LogP contribution < -0.4 is 10.1 Å². The zero-order chi connectivity index (χ0) is 12.3. The highest BCUT2D eigenvalue weighted by molar-refractivity contribution is 9.10. The fourth-order valence-electron chi connectivity index (χ4n) is 1.78. The van der Waals surface area contributed by atoms with Gasteiger partial charge in [-0.05, 0) is 36.8 Å². The van der Waals surface area contributed by atoms with Crippen molar-refractivity contribution in [3.63, 3.8) is 0 Å². The van der Waals surface area contributed by atoms with Gasteiger partial charge in [0.1, 0.15) is 5.75 Å². The number of ether oxygens (including phenoxy) is 1. The van der Waals surface area contributed by atoms with Crippen LogP contribution >= 0.6 is 27.7 Å². The van der Waals surface area contributed by atoms with Gasteiger partial charge in [0.2, 0.25) is 5.91 Å². The molecule has 1 amide bonds. The summed E-state index contributed by atoms with van der Waals surface area (Å²) in [5.41, 5.74) is 0.722. The van der Waals surface area contributed by atoms with Crippen molar-refractivity contribution in [1.29, 1.82) is 0 Å². The molecule has 1 aliphatic rings. The first kappa shape index (κ1) is 12.8. The minimum absolute atomic E-state index is 0.0731. The Kier molecular flexibility index (Phi) is 4.34. The number of benzene rings is 1. The molecule has 1 N–H and O–H groups in total. The number of thioether (sulfide) groups is 1. The largest absolute Gasteiger partial charge is 0.495 e. The van der Waals surface area contributed by atoms with Gasteiger partial charge < -0.3 is 10.1 Å². The van der Waals surface area contributed by atoms with Crippen LogP contribution in [-0.2, 0) is 4.79 Å². The van der Waals surface area contributed by atoms with E-state index in [1.54, 1.807) is 18.9 Å². The maximum absolute atomic E-state index is 12.0. The standard InChI is InChI=1S/C12H14BrNO2S/c1-16-10-5-4-8(13)7-9(10)14-12(15)11-3-2-6-17-11/h4-5,7,11H,2-3,6H2,1H3,(H,14,15). The molecule has 2 rings (SSSR count). The predicted octanol–water partition coefficient (Wildman–Crippen LogP) is 3.29. The normalized spacial score (nSPS) is 19.1. The molecular weight excluding hydrogens is 302 g/mol. The lowest BCUT2D eigenvalue weighted by Gasteiger charge is -2.13. The monoisotopic (exact) mass is 315 g/mol. The molecule has 5 heteroatoms. The van der Waals surface area contributed by atoms with E-state index in [-0.39, 0.29) is 11.2 Å². The average molecular weight is 316 g/mol. The number of methoxy groups -OCH3 is 1. The Morgan fingerprint density at radius 1 is 1.59 bits per heavy atom. The van der Waals surface area contributed by atoms with Crippen LogP contribution in [0.2, 0.25) is 0 Å². The molecule has 17 heavy (non-hydrogen) atoms. The van der Waals surface area contributed by atoms with E-state index in [0.717, 1.165) is 28.8 Å². The van der Waals surface area contributed by atoms with Gasteiger partial charge in [0.25, 0.3) is 0 Å². The van der Waals surface area contributed by atoms with Crippen molar-refractivity contribution in [2.24, 2.45) is 0 Å². The molecule has 0 radical (unpaired) electrons. The second-order valence-electron chi connectivity index (χ2n) is 3.84. The van der Waals surface area contributed by atoms with Gasteiger partial charge in [-0.15, -0.1) is 11.8 Å². The number of anilines is 1. The fraction of sp³-hybridized carbons (Fsp3) is 0.417. The summed E-state index contributed by atoms with van der Waals surface area (Å²) in [4.78, 5) is 12.0. The highest BCUT2D eigenvalue weighted by Crippen LogP contribution is 2.31. The van der Waals surface area contributed by atoms with Crippen LogP contribution in [0.4, 0.5) is 5.69 Å². The zero-order valence-corrected chi connectivity index (χ0v) is 11.9. The van der Waals surface area contributed by atoms with Crippen LogP contribution in [0.3, 0.4) is 0 Å². The van der Waals surface area contributed by atoms with E-state index in [2.05, 4.69) is 21.2 Å². The SMILES string of the molecule is COc1ccc(Br)cc1NC(=O)C1CCCS1. The van der Waals surface area contributed by atoms with Crippen molar-refractivity contribution in [1.82, 2.24) is 0 Å². The number of halogens is 1. The first-order valence-electron chi connectivity index (χ1n) is 5.46. The number of hydrogen-bond acceptors (Lipinski definition) is 3. The molecular formula is C12H14BrNO2S. The lowest BCUT2D eigenvalue weighted by atomic mass is 10.2. The van der Waals surface area contributed by atoms with Gasteiger partial charge in [0, 0.05) is 4.47 Å². The zero-order valence-electron chi connectivity index (χ0n) is 9.53. The first-order valence-corrected chi connectivity index (χ1v) is 7.31. The highest BCUT2D eigenvalue weighted by Gasteiger charge is 2.24. The van der Waals surface area contributed by atoms with Crippen LogP contribution in [0.25, 0.3) is 0 Å². The van der Waals surface area contributed by atoms with Gasteiger partial charge in [0.05, 0.1) is 18.0 Å². The van der Waals surface area contributed by atoms with Crippen LogP contribution in [-0.4, -0.2) is 24.0 Å². The third kappa shape index (κ3) is 3.16. The van der Waals surface area contributed by atoms with Gasteiger partial charge in [-0.1, -0.05) is 15.9 Å². The summed E-state index contributed by atoms with van der Waals surface area (Å²) < 4.78 is 6.15. The van der Waals surface area contributed by atoms with E-state index in [0.29, 0.717) is 5.75 Å². The van der Waals surface area contributed by atoms with E-state index >= 15 is 0 Å². The quantitative estimate of drug-likeness (QED) is 0.930. The number of amides is 1. The van der Waals surface area contributed by atoms with E-state index in [9.17, 15) is 4.79 Å². The summed E-state index contributed by atoms with van der Waals surface area (Å²) in [7, 11) is 1.60. The molecule has 1 heterocycles. The Bertz CT molecular complexity index is 419. The van der Waals surface area contributed by atoms with Gasteiger partial charge >= 0.3 is 0 Å². The molecule has 0 saturated carbocycles. The number of carbonyl (C=O) groups excluding carboxylic acids is 1. The summed E-state index contributed by atoms with van der Waals surface area (Å²) in [6.45, 7) is 0. The molecule has 1 aromatic carbocycles. The molecule has 0 spiro atoms. The van der Waals surface area contributed by atoms with Crippen molar-refractivity contribution in [2.45, 2.75) is 18.1 Å². The van der Waals surface area contributed by atoms with Crippen molar-refractivity contribution in [3.8, 4) is 5.75 Å². The molecule has 0 bridgehead atoms. The number of rotatable bonds is 3. The molecule has 0 aliphatic carbocycles. The maximum atomic E-state index is 12.0. The van der Waals surface area contributed by atoms with Crippen molar-refractivity contribution >= 4 is 39.3 Å². The molecule has 92 valence electrons. The lowest BCUT2D eigenvalue weighted by Crippen LogP contribution is -2.23. The molecule has 1 aromatic rings. The molecule has 3 nitrogen and oxygen atoms in total. The van der Waals surface area contributed by atoms with Crippen molar-refractivity contribution in [2.75, 3.05) is 18.2 Å². The second kappa shape index (κ2) is 5.78. The molecule has 1 aliphatic heterocycles.